The minimum Gasteiger partial charge on any atom is -0.385 e. The second-order valence-electron chi connectivity index (χ2n) is 3.78. The third-order valence-electron chi connectivity index (χ3n) is 2.54. The standard InChI is InChI=1S/C12H22O4/c1-3-12(15-10-11-16-12)6-4-8-14-9-5-7-13-2/h3H,1,4-11H2,2H3. The highest BCUT2D eigenvalue weighted by atomic mass is 16.7. The van der Waals surface area contributed by atoms with Gasteiger partial charge in [0, 0.05) is 33.4 Å². The van der Waals surface area contributed by atoms with Crippen LogP contribution in [0.5, 0.6) is 0 Å². The molecule has 1 aliphatic rings. The molecular formula is C12H22O4. The van der Waals surface area contributed by atoms with E-state index < -0.39 is 5.79 Å². The first-order valence-electron chi connectivity index (χ1n) is 5.81. The first-order chi connectivity index (χ1) is 7.83. The van der Waals surface area contributed by atoms with Gasteiger partial charge >= 0.3 is 0 Å². The maximum Gasteiger partial charge on any atom is 0.187 e. The summed E-state index contributed by atoms with van der Waals surface area (Å²) in [7, 11) is 1.70. The zero-order chi connectivity index (χ0) is 11.7. The molecule has 0 aromatic carbocycles. The summed E-state index contributed by atoms with van der Waals surface area (Å²) in [4.78, 5) is 0. The largest absolute Gasteiger partial charge is 0.385 e. The van der Waals surface area contributed by atoms with Gasteiger partial charge in [0.1, 0.15) is 0 Å². The molecule has 1 saturated heterocycles. The van der Waals surface area contributed by atoms with E-state index in [0.29, 0.717) is 13.2 Å². The van der Waals surface area contributed by atoms with Gasteiger partial charge in [-0.25, -0.2) is 0 Å². The number of hydrogen-bond acceptors (Lipinski definition) is 4. The van der Waals surface area contributed by atoms with Gasteiger partial charge in [-0.15, -0.1) is 0 Å². The van der Waals surface area contributed by atoms with Crippen LogP contribution in [0.3, 0.4) is 0 Å². The summed E-state index contributed by atoms with van der Waals surface area (Å²) in [6.07, 6.45) is 4.40. The summed E-state index contributed by atoms with van der Waals surface area (Å²) in [6, 6.07) is 0. The van der Waals surface area contributed by atoms with Crippen molar-refractivity contribution in [3.05, 3.63) is 12.7 Å². The van der Waals surface area contributed by atoms with Crippen molar-refractivity contribution in [1.82, 2.24) is 0 Å². The summed E-state index contributed by atoms with van der Waals surface area (Å²) < 4.78 is 21.4. The smallest absolute Gasteiger partial charge is 0.187 e. The lowest BCUT2D eigenvalue weighted by atomic mass is 10.1. The van der Waals surface area contributed by atoms with E-state index in [1.807, 2.05) is 0 Å². The van der Waals surface area contributed by atoms with Crippen LogP contribution in [0.25, 0.3) is 0 Å². The molecule has 0 unspecified atom stereocenters. The zero-order valence-electron chi connectivity index (χ0n) is 10.1. The minimum atomic E-state index is -0.560. The fourth-order valence-electron chi connectivity index (χ4n) is 1.66. The van der Waals surface area contributed by atoms with Crippen LogP contribution in [0.1, 0.15) is 19.3 Å². The Kier molecular flexibility index (Phi) is 6.64. The molecule has 0 saturated carbocycles. The quantitative estimate of drug-likeness (QED) is 0.446. The lowest BCUT2D eigenvalue weighted by molar-refractivity contribution is -0.124. The molecule has 1 heterocycles. The van der Waals surface area contributed by atoms with Gasteiger partial charge in [0.25, 0.3) is 0 Å². The average Bonchev–Trinajstić information content (AvgIpc) is 2.77. The van der Waals surface area contributed by atoms with Crippen molar-refractivity contribution in [1.29, 1.82) is 0 Å². The van der Waals surface area contributed by atoms with Crippen LogP contribution in [0.2, 0.25) is 0 Å². The normalized spacial score (nSPS) is 18.8. The summed E-state index contributed by atoms with van der Waals surface area (Å²) in [5, 5.41) is 0. The SMILES string of the molecule is C=CC1(CCCOCCCOC)OCCO1. The van der Waals surface area contributed by atoms with Gasteiger partial charge in [0.05, 0.1) is 13.2 Å². The Hall–Kier alpha value is -0.420. The van der Waals surface area contributed by atoms with Crippen LogP contribution >= 0.6 is 0 Å². The second kappa shape index (κ2) is 7.79. The molecule has 0 bridgehead atoms. The highest BCUT2D eigenvalue weighted by Crippen LogP contribution is 2.25. The Morgan fingerprint density at radius 2 is 1.88 bits per heavy atom. The molecule has 1 aliphatic heterocycles. The maximum absolute atomic E-state index is 5.52. The van der Waals surface area contributed by atoms with Gasteiger partial charge in [-0.1, -0.05) is 6.58 Å². The Balaban J connectivity index is 1.99. The van der Waals surface area contributed by atoms with Crippen molar-refractivity contribution in [3.8, 4) is 0 Å². The monoisotopic (exact) mass is 230 g/mol. The van der Waals surface area contributed by atoms with Crippen molar-refractivity contribution >= 4 is 0 Å². The molecule has 0 radical (unpaired) electrons. The number of hydrogen-bond donors (Lipinski definition) is 0. The fourth-order valence-corrected chi connectivity index (χ4v) is 1.66. The number of methoxy groups -OCH3 is 1. The minimum absolute atomic E-state index is 0.560. The molecular weight excluding hydrogens is 208 g/mol. The lowest BCUT2D eigenvalue weighted by Crippen LogP contribution is -2.27. The molecule has 0 aliphatic carbocycles. The third-order valence-corrected chi connectivity index (χ3v) is 2.54. The molecule has 0 N–H and O–H groups in total. The van der Waals surface area contributed by atoms with E-state index in [0.717, 1.165) is 39.1 Å². The fraction of sp³-hybridized carbons (Fsp3) is 0.833. The summed E-state index contributed by atoms with van der Waals surface area (Å²) in [6.45, 7) is 7.28. The number of rotatable bonds is 9. The van der Waals surface area contributed by atoms with Crippen LogP contribution in [0.15, 0.2) is 12.7 Å². The van der Waals surface area contributed by atoms with Crippen molar-refractivity contribution in [2.24, 2.45) is 0 Å². The molecule has 0 aromatic rings. The summed E-state index contributed by atoms with van der Waals surface area (Å²) in [5.41, 5.74) is 0. The highest BCUT2D eigenvalue weighted by molar-refractivity contribution is 4.91. The zero-order valence-corrected chi connectivity index (χ0v) is 10.1. The van der Waals surface area contributed by atoms with E-state index in [9.17, 15) is 0 Å². The van der Waals surface area contributed by atoms with Gasteiger partial charge in [-0.3, -0.25) is 0 Å². The molecule has 16 heavy (non-hydrogen) atoms. The van der Waals surface area contributed by atoms with E-state index in [1.54, 1.807) is 13.2 Å². The Labute approximate surface area is 97.5 Å². The molecule has 1 fully saturated rings. The Morgan fingerprint density at radius 3 is 2.50 bits per heavy atom. The highest BCUT2D eigenvalue weighted by Gasteiger charge is 2.32. The van der Waals surface area contributed by atoms with Crippen molar-refractivity contribution in [2.75, 3.05) is 40.1 Å². The van der Waals surface area contributed by atoms with Crippen LogP contribution < -0.4 is 0 Å². The average molecular weight is 230 g/mol. The van der Waals surface area contributed by atoms with Crippen LogP contribution in [-0.4, -0.2) is 45.9 Å². The van der Waals surface area contributed by atoms with Crippen molar-refractivity contribution < 1.29 is 18.9 Å². The van der Waals surface area contributed by atoms with Gasteiger partial charge in [0.15, 0.2) is 5.79 Å². The predicted molar refractivity (Wildman–Crippen MR) is 61.4 cm³/mol. The van der Waals surface area contributed by atoms with Gasteiger partial charge in [-0.2, -0.15) is 0 Å². The van der Waals surface area contributed by atoms with Gasteiger partial charge < -0.3 is 18.9 Å². The van der Waals surface area contributed by atoms with E-state index in [2.05, 4.69) is 6.58 Å². The van der Waals surface area contributed by atoms with Gasteiger partial charge in [0.2, 0.25) is 0 Å². The topological polar surface area (TPSA) is 36.9 Å². The molecule has 94 valence electrons. The molecule has 0 atom stereocenters. The first kappa shape index (κ1) is 13.6. The molecule has 0 spiro atoms. The van der Waals surface area contributed by atoms with Gasteiger partial charge in [-0.05, 0) is 18.9 Å². The maximum atomic E-state index is 5.52. The molecule has 0 amide bonds. The summed E-state index contributed by atoms with van der Waals surface area (Å²) in [5.74, 6) is -0.560. The first-order valence-corrected chi connectivity index (χ1v) is 5.81. The lowest BCUT2D eigenvalue weighted by Gasteiger charge is -2.22. The van der Waals surface area contributed by atoms with Crippen LogP contribution in [0, 0.1) is 0 Å². The predicted octanol–water partition coefficient (Wildman–Crippen LogP) is 1.75. The van der Waals surface area contributed by atoms with Crippen LogP contribution in [0.4, 0.5) is 0 Å². The molecule has 1 rings (SSSR count). The molecule has 0 aromatic heterocycles. The van der Waals surface area contributed by atoms with E-state index in [1.165, 1.54) is 0 Å². The third kappa shape index (κ3) is 4.61. The van der Waals surface area contributed by atoms with Crippen molar-refractivity contribution in [3.63, 3.8) is 0 Å². The summed E-state index contributed by atoms with van der Waals surface area (Å²) >= 11 is 0. The molecule has 4 nitrogen and oxygen atoms in total. The molecule has 4 heteroatoms. The second-order valence-corrected chi connectivity index (χ2v) is 3.78. The number of ether oxygens (including phenoxy) is 4. The van der Waals surface area contributed by atoms with Crippen LogP contribution in [-0.2, 0) is 18.9 Å². The van der Waals surface area contributed by atoms with Crippen molar-refractivity contribution in [2.45, 2.75) is 25.0 Å². The Bertz CT molecular complexity index is 187. The van der Waals surface area contributed by atoms with E-state index >= 15 is 0 Å². The van der Waals surface area contributed by atoms with E-state index in [4.69, 9.17) is 18.9 Å². The Morgan fingerprint density at radius 1 is 1.19 bits per heavy atom. The van der Waals surface area contributed by atoms with E-state index in [-0.39, 0.29) is 0 Å².